The van der Waals surface area contributed by atoms with Gasteiger partial charge in [0.15, 0.2) is 0 Å². The summed E-state index contributed by atoms with van der Waals surface area (Å²) >= 11 is 0. The van der Waals surface area contributed by atoms with Gasteiger partial charge in [0.2, 0.25) is 0 Å². The van der Waals surface area contributed by atoms with Gasteiger partial charge in [0.05, 0.1) is 6.26 Å². The molecular weight excluding hydrogens is 184 g/mol. The number of carboxylic acids is 1. The van der Waals surface area contributed by atoms with E-state index >= 15 is 0 Å². The molecule has 0 heterocycles. The van der Waals surface area contributed by atoms with Gasteiger partial charge in [-0.25, -0.2) is 4.79 Å². The Balaban J connectivity index is 2.79. The molecule has 0 aliphatic rings. The third-order valence-corrected chi connectivity index (χ3v) is 1.56. The highest BCUT2D eigenvalue weighted by molar-refractivity contribution is 5.90. The molecule has 14 heavy (non-hydrogen) atoms. The van der Waals surface area contributed by atoms with E-state index < -0.39 is 5.97 Å². The van der Waals surface area contributed by atoms with Crippen LogP contribution in [0.5, 0.6) is 5.75 Å². The predicted octanol–water partition coefficient (Wildman–Crippen LogP) is 1.84. The number of carboxylic acid groups (broad SMARTS) is 1. The summed E-state index contributed by atoms with van der Waals surface area (Å²) in [5, 5.41) is 17.1. The lowest BCUT2D eigenvalue weighted by Crippen LogP contribution is -2.02. The fraction of sp³-hybridized carbons (Fsp3) is 0.100. The van der Waals surface area contributed by atoms with Crippen molar-refractivity contribution in [1.29, 1.82) is 0 Å². The quantitative estimate of drug-likeness (QED) is 0.717. The maximum atomic E-state index is 10.7. The van der Waals surface area contributed by atoms with Crippen molar-refractivity contribution in [3.63, 3.8) is 0 Å². The molecule has 0 saturated heterocycles. The van der Waals surface area contributed by atoms with Gasteiger partial charge in [0.25, 0.3) is 0 Å². The van der Waals surface area contributed by atoms with Gasteiger partial charge in [-0.05, 0) is 18.2 Å². The first kappa shape index (κ1) is 10.1. The number of benzene rings is 1. The third kappa shape index (κ3) is 2.52. The smallest absolute Gasteiger partial charge is 0.339 e. The molecule has 0 aliphatic heterocycles. The molecule has 0 radical (unpaired) electrons. The van der Waals surface area contributed by atoms with Crippen LogP contribution in [0, 0.1) is 0 Å². The molecule has 1 aromatic rings. The normalized spacial score (nSPS) is 10.3. The second kappa shape index (κ2) is 4.91. The van der Waals surface area contributed by atoms with Gasteiger partial charge in [-0.1, -0.05) is 12.1 Å². The molecule has 0 aliphatic carbocycles. The van der Waals surface area contributed by atoms with Crippen LogP contribution in [0.25, 0.3) is 0 Å². The third-order valence-electron chi connectivity index (χ3n) is 1.56. The van der Waals surface area contributed by atoms with Crippen LogP contribution in [-0.4, -0.2) is 22.8 Å². The molecule has 74 valence electrons. The van der Waals surface area contributed by atoms with E-state index in [0.29, 0.717) is 0 Å². The minimum atomic E-state index is -1.03. The number of carbonyl (C=O) groups is 1. The van der Waals surface area contributed by atoms with Gasteiger partial charge in [-0.3, -0.25) is 0 Å². The lowest BCUT2D eigenvalue weighted by Gasteiger charge is -2.05. The molecule has 4 heteroatoms. The van der Waals surface area contributed by atoms with Crippen molar-refractivity contribution < 1.29 is 19.7 Å². The summed E-state index contributed by atoms with van der Waals surface area (Å²) in [5.41, 5.74) is 0.110. The maximum Gasteiger partial charge on any atom is 0.339 e. The summed E-state index contributed by atoms with van der Waals surface area (Å²) in [7, 11) is 0. The highest BCUT2D eigenvalue weighted by atomic mass is 16.5. The molecule has 0 fully saturated rings. The van der Waals surface area contributed by atoms with Gasteiger partial charge in [0, 0.05) is 0 Å². The molecular formula is C10H10O4. The first-order chi connectivity index (χ1) is 6.75. The Hall–Kier alpha value is -1.97. The average Bonchev–Trinajstić information content (AvgIpc) is 2.19. The Kier molecular flexibility index (Phi) is 3.55. The fourth-order valence-electron chi connectivity index (χ4n) is 0.950. The summed E-state index contributed by atoms with van der Waals surface area (Å²) in [6.07, 6.45) is 2.22. The molecule has 0 spiro atoms. The Morgan fingerprint density at radius 2 is 2.14 bits per heavy atom. The molecule has 0 amide bonds. The number of aromatic carboxylic acids is 1. The lowest BCUT2D eigenvalue weighted by molar-refractivity contribution is 0.0693. The zero-order valence-corrected chi connectivity index (χ0v) is 7.38. The van der Waals surface area contributed by atoms with Gasteiger partial charge in [0.1, 0.15) is 17.9 Å². The molecule has 1 rings (SSSR count). The van der Waals surface area contributed by atoms with Gasteiger partial charge >= 0.3 is 5.97 Å². The average molecular weight is 194 g/mol. The largest absolute Gasteiger partial charge is 0.516 e. The van der Waals surface area contributed by atoms with Gasteiger partial charge in [-0.15, -0.1) is 0 Å². The summed E-state index contributed by atoms with van der Waals surface area (Å²) in [5.74, 6) is -0.744. The van der Waals surface area contributed by atoms with E-state index in [1.54, 1.807) is 18.2 Å². The second-order valence-corrected chi connectivity index (χ2v) is 2.50. The zero-order valence-electron chi connectivity index (χ0n) is 7.38. The number of ether oxygens (including phenoxy) is 1. The van der Waals surface area contributed by atoms with Crippen molar-refractivity contribution in [1.82, 2.24) is 0 Å². The molecule has 4 nitrogen and oxygen atoms in total. The Morgan fingerprint density at radius 3 is 2.79 bits per heavy atom. The van der Waals surface area contributed by atoms with Crippen LogP contribution in [0.3, 0.4) is 0 Å². The van der Waals surface area contributed by atoms with Crippen LogP contribution < -0.4 is 4.74 Å². The highest BCUT2D eigenvalue weighted by Crippen LogP contribution is 2.17. The first-order valence-electron chi connectivity index (χ1n) is 4.00. The molecule has 0 bridgehead atoms. The SMILES string of the molecule is O=C(O)c1ccccc1OCC=CO. The van der Waals surface area contributed by atoms with E-state index in [1.807, 2.05) is 0 Å². The summed E-state index contributed by atoms with van der Waals surface area (Å²) < 4.78 is 5.11. The number of aliphatic hydroxyl groups is 1. The maximum absolute atomic E-state index is 10.7. The van der Waals surface area contributed by atoms with Gasteiger partial charge in [-0.2, -0.15) is 0 Å². The second-order valence-electron chi connectivity index (χ2n) is 2.50. The number of para-hydroxylation sites is 1. The Bertz CT molecular complexity index is 344. The Labute approximate surface area is 81.1 Å². The molecule has 2 N–H and O–H groups in total. The Morgan fingerprint density at radius 1 is 1.43 bits per heavy atom. The van der Waals surface area contributed by atoms with Crippen LogP contribution in [0.1, 0.15) is 10.4 Å². The van der Waals surface area contributed by atoms with E-state index in [4.69, 9.17) is 14.9 Å². The number of hydrogen-bond donors (Lipinski definition) is 2. The van der Waals surface area contributed by atoms with Crippen molar-refractivity contribution in [2.45, 2.75) is 0 Å². The fourth-order valence-corrected chi connectivity index (χ4v) is 0.950. The first-order valence-corrected chi connectivity index (χ1v) is 4.00. The van der Waals surface area contributed by atoms with Crippen molar-refractivity contribution in [2.24, 2.45) is 0 Å². The van der Waals surface area contributed by atoms with Crippen LogP contribution in [0.4, 0.5) is 0 Å². The summed E-state index contributed by atoms with van der Waals surface area (Å²) in [6.45, 7) is 0.140. The summed E-state index contributed by atoms with van der Waals surface area (Å²) in [4.78, 5) is 10.7. The molecule has 0 unspecified atom stereocenters. The van der Waals surface area contributed by atoms with E-state index in [-0.39, 0.29) is 17.9 Å². The number of aliphatic hydroxyl groups excluding tert-OH is 1. The van der Waals surface area contributed by atoms with E-state index in [9.17, 15) is 4.79 Å². The monoisotopic (exact) mass is 194 g/mol. The standard InChI is InChI=1S/C10H10O4/c11-6-3-7-14-9-5-2-1-4-8(9)10(12)13/h1-6,11H,7H2,(H,12,13). The van der Waals surface area contributed by atoms with Crippen LogP contribution >= 0.6 is 0 Å². The molecule has 0 saturated carbocycles. The number of rotatable bonds is 4. The van der Waals surface area contributed by atoms with E-state index in [0.717, 1.165) is 6.26 Å². The van der Waals surface area contributed by atoms with E-state index in [2.05, 4.69) is 0 Å². The number of hydrogen-bond acceptors (Lipinski definition) is 3. The molecule has 1 aromatic carbocycles. The van der Waals surface area contributed by atoms with Crippen molar-refractivity contribution in [3.05, 3.63) is 42.2 Å². The van der Waals surface area contributed by atoms with Crippen molar-refractivity contribution >= 4 is 5.97 Å². The molecule has 0 aromatic heterocycles. The lowest BCUT2D eigenvalue weighted by atomic mass is 10.2. The predicted molar refractivity (Wildman–Crippen MR) is 50.7 cm³/mol. The van der Waals surface area contributed by atoms with Crippen molar-refractivity contribution in [3.8, 4) is 5.75 Å². The summed E-state index contributed by atoms with van der Waals surface area (Å²) in [6, 6.07) is 6.33. The van der Waals surface area contributed by atoms with Crippen molar-refractivity contribution in [2.75, 3.05) is 6.61 Å². The molecule has 0 atom stereocenters. The minimum Gasteiger partial charge on any atom is -0.516 e. The van der Waals surface area contributed by atoms with Crippen LogP contribution in [-0.2, 0) is 0 Å². The van der Waals surface area contributed by atoms with Gasteiger partial charge < -0.3 is 14.9 Å². The minimum absolute atomic E-state index is 0.110. The highest BCUT2D eigenvalue weighted by Gasteiger charge is 2.08. The zero-order chi connectivity index (χ0) is 10.4. The van der Waals surface area contributed by atoms with E-state index in [1.165, 1.54) is 12.1 Å². The van der Waals surface area contributed by atoms with Crippen LogP contribution in [0.15, 0.2) is 36.6 Å². The van der Waals surface area contributed by atoms with Crippen LogP contribution in [0.2, 0.25) is 0 Å². The topological polar surface area (TPSA) is 66.8 Å².